The molecule has 2 nitrogen and oxygen atoms in total. The van der Waals surface area contributed by atoms with Gasteiger partial charge in [-0.25, -0.2) is 0 Å². The first-order chi connectivity index (χ1) is 10.3. The second kappa shape index (κ2) is 5.40. The lowest BCUT2D eigenvalue weighted by Gasteiger charge is -2.40. The Morgan fingerprint density at radius 1 is 1.10 bits per heavy atom. The average Bonchev–Trinajstić information content (AvgIpc) is 3.15. The number of rotatable bonds is 2. The molecular weight excluding hydrogens is 258 g/mol. The maximum atomic E-state index is 6.66. The predicted octanol–water partition coefficient (Wildman–Crippen LogP) is 3.91. The van der Waals surface area contributed by atoms with Crippen molar-refractivity contribution in [1.29, 1.82) is 0 Å². The van der Waals surface area contributed by atoms with Crippen LogP contribution in [0.3, 0.4) is 0 Å². The van der Waals surface area contributed by atoms with Crippen molar-refractivity contribution in [1.82, 2.24) is 0 Å². The fraction of sp³-hybridized carbons (Fsp3) is 0.684. The third-order valence-corrected chi connectivity index (χ3v) is 6.06. The maximum Gasteiger partial charge on any atom is 0.0685 e. The van der Waals surface area contributed by atoms with Crippen molar-refractivity contribution in [2.75, 3.05) is 6.61 Å². The third-order valence-electron chi connectivity index (χ3n) is 6.06. The van der Waals surface area contributed by atoms with Crippen LogP contribution in [0.25, 0.3) is 0 Å². The molecule has 1 saturated heterocycles. The lowest BCUT2D eigenvalue weighted by molar-refractivity contribution is -0.0963. The molecule has 0 bridgehead atoms. The van der Waals surface area contributed by atoms with E-state index in [1.165, 1.54) is 56.9 Å². The fourth-order valence-corrected chi connectivity index (χ4v) is 4.81. The normalized spacial score (nSPS) is 28.7. The molecule has 1 aliphatic heterocycles. The Balaban J connectivity index is 1.52. The van der Waals surface area contributed by atoms with Gasteiger partial charge in [0.1, 0.15) is 0 Å². The van der Waals surface area contributed by atoms with E-state index in [4.69, 9.17) is 10.5 Å². The molecule has 4 rings (SSSR count). The van der Waals surface area contributed by atoms with E-state index in [1.807, 2.05) is 0 Å². The van der Waals surface area contributed by atoms with E-state index in [9.17, 15) is 0 Å². The van der Waals surface area contributed by atoms with E-state index in [0.717, 1.165) is 13.0 Å². The van der Waals surface area contributed by atoms with Gasteiger partial charge in [0.15, 0.2) is 0 Å². The van der Waals surface area contributed by atoms with Crippen LogP contribution < -0.4 is 5.73 Å². The van der Waals surface area contributed by atoms with Crippen LogP contribution in [0.15, 0.2) is 18.2 Å². The SMILES string of the molecule is NC(c1ccc2c(c1)CCC2)C1CCOC2(CCCC2)C1. The highest BCUT2D eigenvalue weighted by molar-refractivity contribution is 5.36. The van der Waals surface area contributed by atoms with Gasteiger partial charge in [-0.2, -0.15) is 0 Å². The second-order valence-corrected chi connectivity index (χ2v) is 7.40. The summed E-state index contributed by atoms with van der Waals surface area (Å²) in [6.07, 6.45) is 11.3. The molecule has 1 heterocycles. The van der Waals surface area contributed by atoms with Gasteiger partial charge < -0.3 is 10.5 Å². The van der Waals surface area contributed by atoms with Gasteiger partial charge in [0.2, 0.25) is 0 Å². The Hall–Kier alpha value is -0.860. The highest BCUT2D eigenvalue weighted by Crippen LogP contribution is 2.45. The summed E-state index contributed by atoms with van der Waals surface area (Å²) in [4.78, 5) is 0. The minimum absolute atomic E-state index is 0.178. The van der Waals surface area contributed by atoms with Crippen molar-refractivity contribution in [2.24, 2.45) is 11.7 Å². The maximum absolute atomic E-state index is 6.66. The average molecular weight is 285 g/mol. The largest absolute Gasteiger partial charge is 0.375 e. The van der Waals surface area contributed by atoms with Gasteiger partial charge in [0.25, 0.3) is 0 Å². The van der Waals surface area contributed by atoms with Crippen molar-refractivity contribution in [3.05, 3.63) is 34.9 Å². The number of ether oxygens (including phenoxy) is 1. The van der Waals surface area contributed by atoms with Gasteiger partial charge in [-0.15, -0.1) is 0 Å². The molecule has 1 spiro atoms. The van der Waals surface area contributed by atoms with E-state index in [-0.39, 0.29) is 11.6 Å². The summed E-state index contributed by atoms with van der Waals surface area (Å²) < 4.78 is 6.16. The molecule has 1 aromatic rings. The topological polar surface area (TPSA) is 35.2 Å². The van der Waals surface area contributed by atoms with Crippen LogP contribution in [-0.2, 0) is 17.6 Å². The number of fused-ring (bicyclic) bond motifs is 1. The van der Waals surface area contributed by atoms with Gasteiger partial charge in [-0.05, 0) is 67.6 Å². The van der Waals surface area contributed by atoms with Gasteiger partial charge >= 0.3 is 0 Å². The Labute approximate surface area is 128 Å². The molecule has 0 amide bonds. The molecule has 1 saturated carbocycles. The first-order valence-electron chi connectivity index (χ1n) is 8.77. The third kappa shape index (κ3) is 2.53. The van der Waals surface area contributed by atoms with E-state index in [2.05, 4.69) is 18.2 Å². The van der Waals surface area contributed by atoms with Crippen LogP contribution in [0.2, 0.25) is 0 Å². The van der Waals surface area contributed by atoms with Gasteiger partial charge in [0.05, 0.1) is 5.60 Å². The van der Waals surface area contributed by atoms with Crippen LogP contribution in [-0.4, -0.2) is 12.2 Å². The van der Waals surface area contributed by atoms with E-state index < -0.39 is 0 Å². The summed E-state index contributed by atoms with van der Waals surface area (Å²) in [6, 6.07) is 7.19. The molecule has 0 radical (unpaired) electrons. The van der Waals surface area contributed by atoms with Crippen LogP contribution >= 0.6 is 0 Å². The minimum atomic E-state index is 0.178. The van der Waals surface area contributed by atoms with Crippen molar-refractivity contribution in [3.63, 3.8) is 0 Å². The van der Waals surface area contributed by atoms with Crippen LogP contribution in [0, 0.1) is 5.92 Å². The van der Waals surface area contributed by atoms with Crippen LogP contribution in [0.5, 0.6) is 0 Å². The molecule has 114 valence electrons. The molecular formula is C19H27NO. The fourth-order valence-electron chi connectivity index (χ4n) is 4.81. The lowest BCUT2D eigenvalue weighted by atomic mass is 9.78. The molecule has 2 heteroatoms. The quantitative estimate of drug-likeness (QED) is 0.894. The summed E-state index contributed by atoms with van der Waals surface area (Å²) in [5.41, 5.74) is 11.3. The molecule has 2 fully saturated rings. The number of hydrogen-bond donors (Lipinski definition) is 1. The Morgan fingerprint density at radius 3 is 2.76 bits per heavy atom. The zero-order valence-electron chi connectivity index (χ0n) is 12.9. The van der Waals surface area contributed by atoms with Gasteiger partial charge in [-0.3, -0.25) is 0 Å². The van der Waals surface area contributed by atoms with Gasteiger partial charge in [0, 0.05) is 12.6 Å². The zero-order valence-corrected chi connectivity index (χ0v) is 12.9. The van der Waals surface area contributed by atoms with Crippen molar-refractivity contribution in [3.8, 4) is 0 Å². The monoisotopic (exact) mass is 285 g/mol. The molecule has 2 N–H and O–H groups in total. The first kappa shape index (κ1) is 13.8. The molecule has 21 heavy (non-hydrogen) atoms. The predicted molar refractivity (Wildman–Crippen MR) is 85.3 cm³/mol. The molecule has 2 unspecified atom stereocenters. The van der Waals surface area contributed by atoms with Gasteiger partial charge in [-0.1, -0.05) is 31.0 Å². The standard InChI is InChI=1S/C19H27NO/c20-18(16-7-6-14-4-3-5-15(14)12-16)17-8-11-21-19(13-17)9-1-2-10-19/h6-7,12,17-18H,1-5,8-11,13,20H2. The van der Waals surface area contributed by atoms with Crippen molar-refractivity contribution >= 4 is 0 Å². The Kier molecular flexibility index (Phi) is 3.55. The van der Waals surface area contributed by atoms with E-state index in [1.54, 1.807) is 11.1 Å². The Bertz CT molecular complexity index is 518. The summed E-state index contributed by atoms with van der Waals surface area (Å²) >= 11 is 0. The second-order valence-electron chi connectivity index (χ2n) is 7.40. The lowest BCUT2D eigenvalue weighted by Crippen LogP contribution is -2.40. The molecule has 2 aliphatic carbocycles. The zero-order chi connectivity index (χ0) is 14.3. The van der Waals surface area contributed by atoms with Crippen molar-refractivity contribution < 1.29 is 4.74 Å². The van der Waals surface area contributed by atoms with Crippen LogP contribution in [0.1, 0.15) is 67.7 Å². The highest BCUT2D eigenvalue weighted by Gasteiger charge is 2.41. The van der Waals surface area contributed by atoms with E-state index in [0.29, 0.717) is 5.92 Å². The summed E-state index contributed by atoms with van der Waals surface area (Å²) in [7, 11) is 0. The molecule has 2 atom stereocenters. The smallest absolute Gasteiger partial charge is 0.0685 e. The summed E-state index contributed by atoms with van der Waals surface area (Å²) in [6.45, 7) is 0.906. The number of aryl methyl sites for hydroxylation is 2. The van der Waals surface area contributed by atoms with E-state index >= 15 is 0 Å². The molecule has 1 aromatic carbocycles. The number of hydrogen-bond acceptors (Lipinski definition) is 2. The number of benzene rings is 1. The molecule has 0 aromatic heterocycles. The first-order valence-corrected chi connectivity index (χ1v) is 8.77. The summed E-state index contributed by atoms with van der Waals surface area (Å²) in [5.74, 6) is 0.594. The van der Waals surface area contributed by atoms with Crippen molar-refractivity contribution in [2.45, 2.75) is 69.4 Å². The molecule has 3 aliphatic rings. The summed E-state index contributed by atoms with van der Waals surface area (Å²) in [5, 5.41) is 0. The minimum Gasteiger partial charge on any atom is -0.375 e. The highest BCUT2D eigenvalue weighted by atomic mass is 16.5. The van der Waals surface area contributed by atoms with Crippen LogP contribution in [0.4, 0.5) is 0 Å². The Morgan fingerprint density at radius 2 is 1.90 bits per heavy atom. The number of nitrogens with two attached hydrogens (primary N) is 1.